The molecule has 0 aliphatic rings. The van der Waals surface area contributed by atoms with Crippen molar-refractivity contribution < 1.29 is 33.3 Å². The van der Waals surface area contributed by atoms with Crippen LogP contribution < -0.4 is 16.0 Å². The van der Waals surface area contributed by atoms with E-state index in [4.69, 9.17) is 0 Å². The number of hydrogen-bond donors (Lipinski definition) is 6. The summed E-state index contributed by atoms with van der Waals surface area (Å²) in [4.78, 5) is 12.2. The Morgan fingerprint density at radius 3 is 2.32 bits per heavy atom. The van der Waals surface area contributed by atoms with Gasteiger partial charge in [-0.3, -0.25) is 10.1 Å². The van der Waals surface area contributed by atoms with Gasteiger partial charge in [-0.1, -0.05) is 65.9 Å². The van der Waals surface area contributed by atoms with E-state index >= 15 is 0 Å². The van der Waals surface area contributed by atoms with Gasteiger partial charge in [0.2, 0.25) is 11.0 Å². The lowest BCUT2D eigenvalue weighted by Crippen LogP contribution is -2.47. The molecule has 6 N–H and O–H groups in total. The second-order valence-electron chi connectivity index (χ2n) is 11.4. The van der Waals surface area contributed by atoms with Gasteiger partial charge in [-0.2, -0.15) is 18.3 Å². The molecule has 47 heavy (non-hydrogen) atoms. The molecule has 0 aliphatic heterocycles. The van der Waals surface area contributed by atoms with Crippen molar-refractivity contribution >= 4 is 28.2 Å². The molecule has 0 aliphatic carbocycles. The van der Waals surface area contributed by atoms with E-state index in [1.54, 1.807) is 30.3 Å². The van der Waals surface area contributed by atoms with Gasteiger partial charge < -0.3 is 26.0 Å². The maximum Gasteiger partial charge on any atom is 0.417 e. The van der Waals surface area contributed by atoms with Crippen LogP contribution in [-0.2, 0) is 37.0 Å². The monoisotopic (exact) mass is 673 g/mol. The Balaban J connectivity index is 1.14. The number of benzene rings is 2. The van der Waals surface area contributed by atoms with Gasteiger partial charge in [-0.25, -0.2) is 0 Å². The van der Waals surface area contributed by atoms with Gasteiger partial charge in [0.15, 0.2) is 11.4 Å². The molecule has 0 fully saturated rings. The Kier molecular flexibility index (Phi) is 12.7. The van der Waals surface area contributed by atoms with Gasteiger partial charge in [0.25, 0.3) is 0 Å². The first-order chi connectivity index (χ1) is 22.4. The van der Waals surface area contributed by atoms with Crippen molar-refractivity contribution in [3.63, 3.8) is 0 Å². The number of alkyl halides is 3. The fraction of sp³-hybridized carbons (Fsp3) is 0.406. The van der Waals surface area contributed by atoms with E-state index in [1.807, 2.05) is 36.4 Å². The number of amides is 1. The average Bonchev–Trinajstić information content (AvgIpc) is 3.45. The molecule has 2 heterocycles. The Hall–Kier alpha value is -4.02. The molecule has 0 saturated carbocycles. The molecule has 0 saturated heterocycles. The fourth-order valence-electron chi connectivity index (χ4n) is 4.61. The van der Waals surface area contributed by atoms with Gasteiger partial charge in [0.05, 0.1) is 12.1 Å². The number of carbonyl (C=O) groups excluding carboxylic acids is 1. The van der Waals surface area contributed by atoms with E-state index in [0.29, 0.717) is 29.9 Å². The van der Waals surface area contributed by atoms with E-state index < -0.39 is 30.7 Å². The summed E-state index contributed by atoms with van der Waals surface area (Å²) in [5.41, 5.74) is 0.166. The molecule has 0 bridgehead atoms. The Morgan fingerprint density at radius 2 is 1.60 bits per heavy atom. The summed E-state index contributed by atoms with van der Waals surface area (Å²) in [6.07, 6.45) is -4.70. The zero-order chi connectivity index (χ0) is 33.9. The predicted octanol–water partition coefficient (Wildman–Crippen LogP) is 4.16. The molecule has 2 aromatic carbocycles. The molecule has 1 amide bonds. The van der Waals surface area contributed by atoms with Crippen LogP contribution in [0.5, 0.6) is 0 Å². The zero-order valence-corrected chi connectivity index (χ0v) is 26.6. The number of hydrogen-bond acceptors (Lipinski definition) is 11. The molecule has 0 radical (unpaired) electrons. The first kappa shape index (κ1) is 35.8. The largest absolute Gasteiger partial charge is 0.417 e. The van der Waals surface area contributed by atoms with Crippen LogP contribution in [0.15, 0.2) is 66.7 Å². The van der Waals surface area contributed by atoms with Gasteiger partial charge in [0, 0.05) is 25.8 Å². The van der Waals surface area contributed by atoms with Gasteiger partial charge >= 0.3 is 6.18 Å². The van der Waals surface area contributed by atoms with Crippen molar-refractivity contribution in [3.8, 4) is 0 Å². The highest BCUT2D eigenvalue weighted by Gasteiger charge is 2.50. The van der Waals surface area contributed by atoms with Crippen molar-refractivity contribution in [1.82, 2.24) is 25.7 Å². The number of nitrogens with one attached hydrogen (secondary N) is 3. The van der Waals surface area contributed by atoms with Crippen LogP contribution in [0.1, 0.15) is 53.6 Å². The first-order valence-corrected chi connectivity index (χ1v) is 15.9. The van der Waals surface area contributed by atoms with E-state index in [0.717, 1.165) is 41.1 Å². The van der Waals surface area contributed by atoms with Crippen LogP contribution >= 0.6 is 11.3 Å². The van der Waals surface area contributed by atoms with Gasteiger partial charge in [0.1, 0.15) is 17.5 Å². The van der Waals surface area contributed by atoms with Gasteiger partial charge in [-0.15, -0.1) is 15.3 Å². The lowest BCUT2D eigenvalue weighted by molar-refractivity contribution is -0.261. The average molecular weight is 674 g/mol. The number of anilines is 2. The SMILES string of the molecule is CC(O)(CC(O)NCc1cccc(CC(O)Nc2nnc(CCCCc3ccc(NC(=O)Cc4ccccc4)nn3)s2)c1)C(F)(F)F. The summed E-state index contributed by atoms with van der Waals surface area (Å²) in [5.74, 6) is 0.251. The maximum absolute atomic E-state index is 12.9. The molecule has 0 spiro atoms. The van der Waals surface area contributed by atoms with Crippen molar-refractivity contribution in [2.75, 3.05) is 10.6 Å². The Labute approximate surface area is 274 Å². The minimum absolute atomic E-state index is 0.0670. The lowest BCUT2D eigenvalue weighted by Gasteiger charge is -2.28. The number of aryl methyl sites for hydroxylation is 2. The second kappa shape index (κ2) is 16.7. The summed E-state index contributed by atoms with van der Waals surface area (Å²) in [6, 6.07) is 20.1. The minimum Gasteiger partial charge on any atom is -0.381 e. The highest BCUT2D eigenvalue weighted by molar-refractivity contribution is 7.15. The summed E-state index contributed by atoms with van der Waals surface area (Å²) in [5, 5.41) is 56.2. The quantitative estimate of drug-likeness (QED) is 0.0708. The molecule has 15 heteroatoms. The molecular formula is C32H38F3N7O4S. The smallest absolute Gasteiger partial charge is 0.381 e. The number of nitrogens with zero attached hydrogens (tertiary/aromatic N) is 4. The summed E-state index contributed by atoms with van der Waals surface area (Å²) >= 11 is 1.35. The molecule has 11 nitrogen and oxygen atoms in total. The topological polar surface area (TPSA) is 165 Å². The molecule has 252 valence electrons. The van der Waals surface area contributed by atoms with Crippen LogP contribution in [0.3, 0.4) is 0 Å². The summed E-state index contributed by atoms with van der Waals surface area (Å²) < 4.78 is 38.6. The van der Waals surface area contributed by atoms with Crippen LogP contribution in [-0.4, -0.2) is 65.9 Å². The van der Waals surface area contributed by atoms with Crippen LogP contribution in [0, 0.1) is 0 Å². The molecule has 3 unspecified atom stereocenters. The van der Waals surface area contributed by atoms with E-state index in [-0.39, 0.29) is 25.3 Å². The van der Waals surface area contributed by atoms with Crippen molar-refractivity contribution in [3.05, 3.63) is 94.1 Å². The summed E-state index contributed by atoms with van der Waals surface area (Å²) in [7, 11) is 0. The van der Waals surface area contributed by atoms with E-state index in [9.17, 15) is 33.3 Å². The fourth-order valence-corrected chi connectivity index (χ4v) is 5.43. The Morgan fingerprint density at radius 1 is 0.872 bits per heavy atom. The minimum atomic E-state index is -4.86. The molecule has 4 rings (SSSR count). The second-order valence-corrected chi connectivity index (χ2v) is 12.4. The zero-order valence-electron chi connectivity index (χ0n) is 25.7. The Bertz CT molecular complexity index is 1560. The third-order valence-corrected chi connectivity index (χ3v) is 8.10. The highest BCUT2D eigenvalue weighted by Crippen LogP contribution is 2.33. The number of aliphatic hydroxyl groups is 3. The van der Waals surface area contributed by atoms with Crippen LogP contribution in [0.4, 0.5) is 24.1 Å². The predicted molar refractivity (Wildman–Crippen MR) is 171 cm³/mol. The van der Waals surface area contributed by atoms with Crippen molar-refractivity contribution in [1.29, 1.82) is 0 Å². The first-order valence-electron chi connectivity index (χ1n) is 15.1. The van der Waals surface area contributed by atoms with Crippen LogP contribution in [0.25, 0.3) is 0 Å². The number of aromatic nitrogens is 4. The van der Waals surface area contributed by atoms with E-state index in [2.05, 4.69) is 36.3 Å². The van der Waals surface area contributed by atoms with Crippen molar-refractivity contribution in [2.24, 2.45) is 0 Å². The number of rotatable bonds is 17. The summed E-state index contributed by atoms with van der Waals surface area (Å²) in [6.45, 7) is 0.682. The number of aliphatic hydroxyl groups excluding tert-OH is 2. The molecule has 4 aromatic rings. The third-order valence-electron chi connectivity index (χ3n) is 7.19. The van der Waals surface area contributed by atoms with Crippen molar-refractivity contribution in [2.45, 2.75) is 82.6 Å². The molecular weight excluding hydrogens is 635 g/mol. The lowest BCUT2D eigenvalue weighted by atomic mass is 10.0. The van der Waals surface area contributed by atoms with Crippen LogP contribution in [0.2, 0.25) is 0 Å². The number of halogens is 3. The highest BCUT2D eigenvalue weighted by atomic mass is 32.1. The number of carbonyl (C=O) groups is 1. The number of unbranched alkanes of at least 4 members (excludes halogenated alkanes) is 1. The molecule has 3 atom stereocenters. The standard InChI is InChI=1S/C32H38F3N7O4S/c1-31(46,32(33,34)35)19-28(45)36-20-23-11-7-10-22(16-23)18-27(44)38-30-42-41-29(47-30)13-6-5-12-24-14-15-25(40-39-24)37-26(43)17-21-8-3-2-4-9-21/h2-4,7-11,14-16,27-28,36,44-46H,5-6,12-13,17-20H2,1H3,(H,38,42)(H,37,40,43). The normalized spacial score (nSPS) is 14.3. The molecule has 2 aromatic heterocycles. The maximum atomic E-state index is 12.9. The van der Waals surface area contributed by atoms with E-state index in [1.165, 1.54) is 11.3 Å². The third kappa shape index (κ3) is 11.9. The van der Waals surface area contributed by atoms with Gasteiger partial charge in [-0.05, 0) is 55.0 Å².